The zero-order chi connectivity index (χ0) is 23.2. The number of halogens is 1. The topological polar surface area (TPSA) is 132 Å². The lowest BCUT2D eigenvalue weighted by molar-refractivity contribution is -0.191. The lowest BCUT2D eigenvalue weighted by Gasteiger charge is -2.27. The van der Waals surface area contributed by atoms with Crippen molar-refractivity contribution in [3.05, 3.63) is 59.5 Å². The van der Waals surface area contributed by atoms with Gasteiger partial charge in [0.2, 0.25) is 0 Å². The van der Waals surface area contributed by atoms with E-state index in [0.717, 1.165) is 28.7 Å². The van der Waals surface area contributed by atoms with Crippen LogP contribution in [0.3, 0.4) is 0 Å². The van der Waals surface area contributed by atoms with Crippen LogP contribution in [0, 0.1) is 12.7 Å². The fraction of sp³-hybridized carbons (Fsp3) is 0.227. The van der Waals surface area contributed by atoms with Crippen LogP contribution in [-0.4, -0.2) is 34.3 Å². The van der Waals surface area contributed by atoms with E-state index in [-0.39, 0.29) is 18.3 Å². The van der Waals surface area contributed by atoms with Crippen molar-refractivity contribution in [2.24, 2.45) is 0 Å². The van der Waals surface area contributed by atoms with Gasteiger partial charge in [-0.3, -0.25) is 9.78 Å². The highest BCUT2D eigenvalue weighted by molar-refractivity contribution is 5.96. The van der Waals surface area contributed by atoms with Gasteiger partial charge in [0.05, 0.1) is 16.4 Å². The summed E-state index contributed by atoms with van der Waals surface area (Å²) in [5.74, 6) is -1.23. The van der Waals surface area contributed by atoms with E-state index in [1.54, 1.807) is 26.0 Å². The summed E-state index contributed by atoms with van der Waals surface area (Å²) in [6.45, 7) is 5.63. The first kappa shape index (κ1) is 23.3. The van der Waals surface area contributed by atoms with Gasteiger partial charge >= 0.3 is 6.15 Å². The molecule has 0 saturated heterocycles. The molecule has 0 fully saturated rings. The van der Waals surface area contributed by atoms with Crippen molar-refractivity contribution in [2.45, 2.75) is 26.3 Å². The molecule has 162 valence electrons. The second kappa shape index (κ2) is 9.69. The fourth-order valence-corrected chi connectivity index (χ4v) is 2.87. The van der Waals surface area contributed by atoms with Crippen LogP contribution in [0.2, 0.25) is 0 Å². The highest BCUT2D eigenvalue weighted by Crippen LogP contribution is 2.30. The van der Waals surface area contributed by atoms with E-state index in [4.69, 9.17) is 20.1 Å². The summed E-state index contributed by atoms with van der Waals surface area (Å²) in [6.07, 6.45) is 0.250. The molecule has 0 saturated carbocycles. The molecule has 8 nitrogen and oxygen atoms in total. The zero-order valence-electron chi connectivity index (χ0n) is 17.2. The highest BCUT2D eigenvalue weighted by Gasteiger charge is 2.23. The lowest BCUT2D eigenvalue weighted by atomic mass is 10.1. The number of aryl methyl sites for hydroxylation is 1. The van der Waals surface area contributed by atoms with E-state index in [9.17, 15) is 14.3 Å². The molecule has 0 aliphatic heterocycles. The van der Waals surface area contributed by atoms with Crippen LogP contribution < -0.4 is 15.8 Å². The van der Waals surface area contributed by atoms with Crippen LogP contribution >= 0.6 is 0 Å². The SMILES string of the molecule is Cc1cc(N)c2c(OCC(C)(C)NC(=O)c3ccc(F)c(O)c3)cccc2n1.O=C=O. The number of hydrogen-bond acceptors (Lipinski definition) is 7. The van der Waals surface area contributed by atoms with Gasteiger partial charge in [0.15, 0.2) is 11.6 Å². The number of phenolic OH excluding ortho intramolecular Hbond substituents is 1. The Hall–Kier alpha value is -3.97. The second-order valence-corrected chi connectivity index (χ2v) is 7.38. The summed E-state index contributed by atoms with van der Waals surface area (Å²) in [5, 5.41) is 13.0. The third-order valence-corrected chi connectivity index (χ3v) is 4.20. The van der Waals surface area contributed by atoms with E-state index in [2.05, 4.69) is 10.3 Å². The van der Waals surface area contributed by atoms with Crippen molar-refractivity contribution >= 4 is 28.6 Å². The number of carbonyl (C=O) groups is 1. The first-order chi connectivity index (χ1) is 14.6. The molecule has 4 N–H and O–H groups in total. The van der Waals surface area contributed by atoms with Crippen molar-refractivity contribution < 1.29 is 28.6 Å². The number of phenols is 1. The molecule has 1 heterocycles. The summed E-state index contributed by atoms with van der Waals surface area (Å²) in [4.78, 5) is 33.1. The number of nitrogens with zero attached hydrogens (tertiary/aromatic N) is 1. The Kier molecular flexibility index (Phi) is 7.28. The maximum atomic E-state index is 13.2. The van der Waals surface area contributed by atoms with Crippen LogP contribution in [0.15, 0.2) is 42.5 Å². The standard InChI is InChI=1S/C21H22FN3O3.CO2/c1-12-9-15(23)19-16(24-12)5-4-6-18(19)28-11-21(2,3)25-20(27)13-7-8-14(22)17(26)10-13;2-1-3/h4-10,26H,11H2,1-3H3,(H2,23,24)(H,25,27);. The van der Waals surface area contributed by atoms with Crippen LogP contribution in [0.1, 0.15) is 29.9 Å². The number of rotatable bonds is 5. The molecule has 9 heteroatoms. The van der Waals surface area contributed by atoms with Crippen molar-refractivity contribution in [1.82, 2.24) is 10.3 Å². The average molecular weight is 427 g/mol. The molecule has 0 atom stereocenters. The molecule has 3 aromatic rings. The van der Waals surface area contributed by atoms with E-state index in [0.29, 0.717) is 11.4 Å². The first-order valence-corrected chi connectivity index (χ1v) is 9.17. The maximum absolute atomic E-state index is 13.2. The molecule has 0 bridgehead atoms. The van der Waals surface area contributed by atoms with E-state index in [1.165, 1.54) is 6.07 Å². The number of nitrogen functional groups attached to an aromatic ring is 1. The predicted octanol–water partition coefficient (Wildman–Crippen LogP) is 2.97. The molecular formula is C22H22FN3O5. The van der Waals surface area contributed by atoms with Gasteiger partial charge in [-0.1, -0.05) is 6.07 Å². The smallest absolute Gasteiger partial charge is 0.373 e. The van der Waals surface area contributed by atoms with Gasteiger partial charge < -0.3 is 20.9 Å². The Balaban J connectivity index is 0.00000107. The van der Waals surface area contributed by atoms with E-state index >= 15 is 0 Å². The summed E-state index contributed by atoms with van der Waals surface area (Å²) in [5.41, 5.74) is 7.67. The zero-order valence-corrected chi connectivity index (χ0v) is 17.2. The lowest BCUT2D eigenvalue weighted by Crippen LogP contribution is -2.47. The normalized spacial score (nSPS) is 10.6. The van der Waals surface area contributed by atoms with Gasteiger partial charge in [0.25, 0.3) is 5.91 Å². The van der Waals surface area contributed by atoms with Gasteiger partial charge in [-0.2, -0.15) is 9.59 Å². The van der Waals surface area contributed by atoms with Crippen LogP contribution in [-0.2, 0) is 9.59 Å². The summed E-state index contributed by atoms with van der Waals surface area (Å²) < 4.78 is 19.1. The quantitative estimate of drug-likeness (QED) is 0.570. The molecule has 2 aromatic carbocycles. The molecule has 0 aliphatic carbocycles. The monoisotopic (exact) mass is 427 g/mol. The van der Waals surface area contributed by atoms with Crippen molar-refractivity contribution in [3.63, 3.8) is 0 Å². The molecule has 0 spiro atoms. The van der Waals surface area contributed by atoms with Crippen molar-refractivity contribution in [3.8, 4) is 11.5 Å². The Morgan fingerprint density at radius 2 is 1.94 bits per heavy atom. The largest absolute Gasteiger partial charge is 0.505 e. The molecule has 3 rings (SSSR count). The predicted molar refractivity (Wildman–Crippen MR) is 111 cm³/mol. The molecule has 0 radical (unpaired) electrons. The van der Waals surface area contributed by atoms with Crippen LogP contribution in [0.4, 0.5) is 10.1 Å². The number of hydrogen-bond donors (Lipinski definition) is 3. The molecule has 1 amide bonds. The number of nitrogens with two attached hydrogens (primary N) is 1. The Labute approximate surface area is 177 Å². The van der Waals surface area contributed by atoms with E-state index < -0.39 is 23.0 Å². The fourth-order valence-electron chi connectivity index (χ4n) is 2.87. The molecular weight excluding hydrogens is 405 g/mol. The minimum Gasteiger partial charge on any atom is -0.505 e. The Bertz CT molecular complexity index is 1140. The van der Waals surface area contributed by atoms with Gasteiger partial charge in [0, 0.05) is 16.9 Å². The minimum atomic E-state index is -0.781. The summed E-state index contributed by atoms with van der Waals surface area (Å²) in [6, 6.07) is 10.7. The summed E-state index contributed by atoms with van der Waals surface area (Å²) in [7, 11) is 0. The molecule has 0 aliphatic rings. The maximum Gasteiger partial charge on any atom is 0.373 e. The van der Waals surface area contributed by atoms with Crippen LogP contribution in [0.25, 0.3) is 10.9 Å². The van der Waals surface area contributed by atoms with Crippen molar-refractivity contribution in [2.75, 3.05) is 12.3 Å². The number of amides is 1. The number of nitrogens with one attached hydrogen (secondary N) is 1. The Morgan fingerprint density at radius 3 is 2.58 bits per heavy atom. The van der Waals surface area contributed by atoms with Gasteiger partial charge in [-0.15, -0.1) is 0 Å². The number of benzene rings is 2. The number of pyridine rings is 1. The second-order valence-electron chi connectivity index (χ2n) is 7.38. The van der Waals surface area contributed by atoms with Gasteiger partial charge in [0.1, 0.15) is 12.4 Å². The molecule has 31 heavy (non-hydrogen) atoms. The minimum absolute atomic E-state index is 0.154. The number of fused-ring (bicyclic) bond motifs is 1. The third kappa shape index (κ3) is 6.01. The van der Waals surface area contributed by atoms with Gasteiger partial charge in [-0.05, 0) is 57.2 Å². The number of ether oxygens (including phenoxy) is 1. The average Bonchev–Trinajstić information content (AvgIpc) is 2.68. The van der Waals surface area contributed by atoms with Gasteiger partial charge in [-0.25, -0.2) is 4.39 Å². The highest BCUT2D eigenvalue weighted by atomic mass is 19.1. The molecule has 1 aromatic heterocycles. The number of aromatic hydroxyl groups is 1. The van der Waals surface area contributed by atoms with E-state index in [1.807, 2.05) is 19.1 Å². The number of aromatic nitrogens is 1. The number of anilines is 1. The number of carbonyl (C=O) groups excluding carboxylic acids is 3. The van der Waals surface area contributed by atoms with Crippen LogP contribution in [0.5, 0.6) is 11.5 Å². The first-order valence-electron chi connectivity index (χ1n) is 9.17. The Morgan fingerprint density at radius 1 is 1.26 bits per heavy atom. The molecule has 0 unspecified atom stereocenters. The summed E-state index contributed by atoms with van der Waals surface area (Å²) >= 11 is 0. The third-order valence-electron chi connectivity index (χ3n) is 4.20. The van der Waals surface area contributed by atoms with Crippen molar-refractivity contribution in [1.29, 1.82) is 0 Å².